The summed E-state index contributed by atoms with van der Waals surface area (Å²) in [7, 11) is 0. The van der Waals surface area contributed by atoms with Gasteiger partial charge in [0.1, 0.15) is 0 Å². The summed E-state index contributed by atoms with van der Waals surface area (Å²) in [6.07, 6.45) is 2.46. The Morgan fingerprint density at radius 1 is 1.33 bits per heavy atom. The molecule has 0 spiro atoms. The molecule has 0 amide bonds. The fourth-order valence-electron chi connectivity index (χ4n) is 1.87. The predicted molar refractivity (Wildman–Crippen MR) is 56.9 cm³/mol. The maximum atomic E-state index is 10.6. The lowest BCUT2D eigenvalue weighted by Crippen LogP contribution is -1.86. The number of non-ortho nitro benzene ring substituents is 1. The average Bonchev–Trinajstić information content (AvgIpc) is 2.97. The molecule has 1 heterocycles. The molecule has 4 heteroatoms. The zero-order valence-corrected chi connectivity index (χ0v) is 8.06. The molecule has 1 saturated carbocycles. The maximum absolute atomic E-state index is 10.6. The smallest absolute Gasteiger partial charge is 0.270 e. The Morgan fingerprint density at radius 3 is 2.80 bits per heavy atom. The summed E-state index contributed by atoms with van der Waals surface area (Å²) in [6.45, 7) is 0. The molecule has 15 heavy (non-hydrogen) atoms. The van der Waals surface area contributed by atoms with Gasteiger partial charge >= 0.3 is 0 Å². The van der Waals surface area contributed by atoms with E-state index in [0.29, 0.717) is 5.92 Å². The monoisotopic (exact) mass is 202 g/mol. The van der Waals surface area contributed by atoms with Crippen molar-refractivity contribution >= 4 is 16.6 Å². The lowest BCUT2D eigenvalue weighted by atomic mass is 10.2. The number of benzene rings is 1. The van der Waals surface area contributed by atoms with Gasteiger partial charge in [-0.25, -0.2) is 0 Å². The number of nitro groups is 1. The van der Waals surface area contributed by atoms with Gasteiger partial charge < -0.3 is 4.98 Å². The fraction of sp³-hybridized carbons (Fsp3) is 0.273. The molecule has 76 valence electrons. The van der Waals surface area contributed by atoms with Crippen LogP contribution in [0.1, 0.15) is 24.5 Å². The number of rotatable bonds is 2. The van der Waals surface area contributed by atoms with Gasteiger partial charge in [0.2, 0.25) is 0 Å². The van der Waals surface area contributed by atoms with Crippen LogP contribution in [0.2, 0.25) is 0 Å². The third-order valence-electron chi connectivity index (χ3n) is 2.85. The van der Waals surface area contributed by atoms with Crippen LogP contribution in [0.5, 0.6) is 0 Å². The minimum atomic E-state index is -0.358. The number of H-pyrrole nitrogens is 1. The third kappa shape index (κ3) is 1.38. The number of nitrogens with one attached hydrogen (secondary N) is 1. The lowest BCUT2D eigenvalue weighted by Gasteiger charge is -1.90. The molecule has 0 atom stereocenters. The first kappa shape index (κ1) is 8.47. The second kappa shape index (κ2) is 2.82. The maximum Gasteiger partial charge on any atom is 0.270 e. The van der Waals surface area contributed by atoms with Crippen LogP contribution in [0, 0.1) is 10.1 Å². The van der Waals surface area contributed by atoms with Crippen molar-refractivity contribution in [2.45, 2.75) is 18.8 Å². The van der Waals surface area contributed by atoms with E-state index < -0.39 is 0 Å². The molecular weight excluding hydrogens is 192 g/mol. The zero-order chi connectivity index (χ0) is 10.4. The summed E-state index contributed by atoms with van der Waals surface area (Å²) >= 11 is 0. The Bertz CT molecular complexity index is 541. The normalized spacial score (nSPS) is 15.7. The average molecular weight is 202 g/mol. The van der Waals surface area contributed by atoms with Gasteiger partial charge in [-0.15, -0.1) is 0 Å². The van der Waals surface area contributed by atoms with Crippen LogP contribution >= 0.6 is 0 Å². The van der Waals surface area contributed by atoms with Gasteiger partial charge in [0.25, 0.3) is 5.69 Å². The lowest BCUT2D eigenvalue weighted by molar-refractivity contribution is -0.384. The van der Waals surface area contributed by atoms with E-state index in [4.69, 9.17) is 0 Å². The summed E-state index contributed by atoms with van der Waals surface area (Å²) in [5.74, 6) is 0.649. The topological polar surface area (TPSA) is 58.9 Å². The van der Waals surface area contributed by atoms with Crippen molar-refractivity contribution in [2.24, 2.45) is 0 Å². The first-order chi connectivity index (χ1) is 7.24. The largest absolute Gasteiger partial charge is 0.358 e. The Morgan fingerprint density at radius 2 is 2.13 bits per heavy atom. The highest BCUT2D eigenvalue weighted by molar-refractivity contribution is 5.83. The first-order valence-electron chi connectivity index (χ1n) is 5.01. The van der Waals surface area contributed by atoms with Crippen molar-refractivity contribution in [2.75, 3.05) is 0 Å². The molecule has 1 aromatic carbocycles. The second-order valence-electron chi connectivity index (χ2n) is 4.03. The summed E-state index contributed by atoms with van der Waals surface area (Å²) in [5, 5.41) is 11.5. The summed E-state index contributed by atoms with van der Waals surface area (Å²) in [5.41, 5.74) is 2.36. The second-order valence-corrected chi connectivity index (χ2v) is 4.03. The van der Waals surface area contributed by atoms with E-state index in [1.165, 1.54) is 24.6 Å². The molecule has 0 bridgehead atoms. The van der Waals surface area contributed by atoms with Crippen molar-refractivity contribution in [3.63, 3.8) is 0 Å². The number of aromatic amines is 1. The highest BCUT2D eigenvalue weighted by Crippen LogP contribution is 2.40. The van der Waals surface area contributed by atoms with Crippen LogP contribution in [0.4, 0.5) is 5.69 Å². The standard InChI is InChI=1S/C11H10N2O2/c14-13(15)9-3-4-10-8(5-9)6-11(12-10)7-1-2-7/h3-7,12H,1-2H2. The summed E-state index contributed by atoms with van der Waals surface area (Å²) in [6, 6.07) is 6.96. The van der Waals surface area contributed by atoms with Gasteiger partial charge in [0.05, 0.1) is 4.92 Å². The molecule has 0 aliphatic heterocycles. The molecule has 1 N–H and O–H groups in total. The van der Waals surface area contributed by atoms with Gasteiger partial charge in [-0.05, 0) is 30.9 Å². The van der Waals surface area contributed by atoms with E-state index in [1.54, 1.807) is 12.1 Å². The summed E-state index contributed by atoms with van der Waals surface area (Å²) < 4.78 is 0. The number of fused-ring (bicyclic) bond motifs is 1. The molecular formula is C11H10N2O2. The van der Waals surface area contributed by atoms with Crippen molar-refractivity contribution in [3.8, 4) is 0 Å². The number of aromatic nitrogens is 1. The molecule has 0 radical (unpaired) electrons. The molecule has 3 rings (SSSR count). The summed E-state index contributed by atoms with van der Waals surface area (Å²) in [4.78, 5) is 13.5. The molecule has 1 aliphatic carbocycles. The number of hydrogen-bond donors (Lipinski definition) is 1. The van der Waals surface area contributed by atoms with Gasteiger partial charge in [0.15, 0.2) is 0 Å². The molecule has 0 unspecified atom stereocenters. The first-order valence-corrected chi connectivity index (χ1v) is 5.01. The minimum Gasteiger partial charge on any atom is -0.358 e. The van der Waals surface area contributed by atoms with Crippen LogP contribution in [0.3, 0.4) is 0 Å². The zero-order valence-electron chi connectivity index (χ0n) is 8.06. The van der Waals surface area contributed by atoms with Crippen molar-refractivity contribution in [1.82, 2.24) is 4.98 Å². The van der Waals surface area contributed by atoms with Gasteiger partial charge in [-0.3, -0.25) is 10.1 Å². The van der Waals surface area contributed by atoms with E-state index in [-0.39, 0.29) is 10.6 Å². The van der Waals surface area contributed by atoms with Gasteiger partial charge in [-0.1, -0.05) is 0 Å². The SMILES string of the molecule is O=[N+]([O-])c1ccc2[nH]c(C3CC3)cc2c1. The van der Waals surface area contributed by atoms with Crippen LogP contribution < -0.4 is 0 Å². The molecule has 1 aliphatic rings. The predicted octanol–water partition coefficient (Wildman–Crippen LogP) is 2.95. The Balaban J connectivity index is 2.13. The third-order valence-corrected chi connectivity index (χ3v) is 2.85. The van der Waals surface area contributed by atoms with Gasteiger partial charge in [0, 0.05) is 28.7 Å². The molecule has 0 saturated heterocycles. The van der Waals surface area contributed by atoms with E-state index in [2.05, 4.69) is 4.98 Å². The Hall–Kier alpha value is -1.84. The number of nitro benzene ring substituents is 1. The van der Waals surface area contributed by atoms with E-state index >= 15 is 0 Å². The van der Waals surface area contributed by atoms with Crippen LogP contribution in [0.25, 0.3) is 10.9 Å². The van der Waals surface area contributed by atoms with Crippen LogP contribution in [0.15, 0.2) is 24.3 Å². The van der Waals surface area contributed by atoms with Crippen LogP contribution in [-0.2, 0) is 0 Å². The molecule has 1 aromatic heterocycles. The van der Waals surface area contributed by atoms with Crippen molar-refractivity contribution in [1.29, 1.82) is 0 Å². The van der Waals surface area contributed by atoms with E-state index in [0.717, 1.165) is 10.9 Å². The molecule has 2 aromatic rings. The van der Waals surface area contributed by atoms with Crippen molar-refractivity contribution < 1.29 is 4.92 Å². The number of hydrogen-bond acceptors (Lipinski definition) is 2. The van der Waals surface area contributed by atoms with E-state index in [1.807, 2.05) is 6.07 Å². The fourth-order valence-corrected chi connectivity index (χ4v) is 1.87. The van der Waals surface area contributed by atoms with E-state index in [9.17, 15) is 10.1 Å². The highest BCUT2D eigenvalue weighted by atomic mass is 16.6. The van der Waals surface area contributed by atoms with Gasteiger partial charge in [-0.2, -0.15) is 0 Å². The van der Waals surface area contributed by atoms with Crippen molar-refractivity contribution in [3.05, 3.63) is 40.1 Å². The Kier molecular flexibility index (Phi) is 1.59. The number of nitrogens with zero attached hydrogens (tertiary/aromatic N) is 1. The molecule has 1 fully saturated rings. The van der Waals surface area contributed by atoms with Crippen LogP contribution in [-0.4, -0.2) is 9.91 Å². The minimum absolute atomic E-state index is 0.156. The highest BCUT2D eigenvalue weighted by Gasteiger charge is 2.25. The Labute approximate surface area is 86.1 Å². The molecule has 4 nitrogen and oxygen atoms in total. The quantitative estimate of drug-likeness (QED) is 0.601.